The number of rotatable bonds is 5. The Morgan fingerprint density at radius 2 is 1.91 bits per heavy atom. The van der Waals surface area contributed by atoms with E-state index in [1.54, 1.807) is 7.11 Å². The zero-order valence-electron chi connectivity index (χ0n) is 21.6. The highest BCUT2D eigenvalue weighted by Crippen LogP contribution is 2.65. The van der Waals surface area contributed by atoms with Gasteiger partial charge in [-0.15, -0.1) is 0 Å². The fourth-order valence-corrected chi connectivity index (χ4v) is 9.47. The molecule has 5 rings (SSSR count). The SMILES string of the molecule is COC[C@@]1(O)CC[C@H]2[C@H](CC[C@@H]3[C@@H]2CC[C@]2(C)[C@@H]([C@@H](C)Nc4ccc(C#N)cc4C)CC[C@@H]32)C1. The largest absolute Gasteiger partial charge is 0.387 e. The molecule has 0 radical (unpaired) electrons. The third kappa shape index (κ3) is 4.07. The van der Waals surface area contributed by atoms with Crippen LogP contribution >= 0.6 is 0 Å². The lowest BCUT2D eigenvalue weighted by Gasteiger charge is -2.57. The molecule has 34 heavy (non-hydrogen) atoms. The van der Waals surface area contributed by atoms with Crippen molar-refractivity contribution in [1.29, 1.82) is 5.26 Å². The fourth-order valence-electron chi connectivity index (χ4n) is 9.47. The molecule has 0 saturated heterocycles. The van der Waals surface area contributed by atoms with Crippen LogP contribution in [0, 0.1) is 59.2 Å². The quantitative estimate of drug-likeness (QED) is 0.536. The highest BCUT2D eigenvalue weighted by atomic mass is 16.5. The Balaban J connectivity index is 1.28. The highest BCUT2D eigenvalue weighted by molar-refractivity contribution is 5.54. The van der Waals surface area contributed by atoms with Crippen LogP contribution in [0.2, 0.25) is 0 Å². The van der Waals surface area contributed by atoms with Crippen LogP contribution in [0.25, 0.3) is 0 Å². The second kappa shape index (κ2) is 9.14. The topological polar surface area (TPSA) is 65.3 Å². The van der Waals surface area contributed by atoms with Crippen LogP contribution in [0.1, 0.15) is 82.8 Å². The molecule has 4 nitrogen and oxygen atoms in total. The van der Waals surface area contributed by atoms with Crippen LogP contribution in [0.15, 0.2) is 18.2 Å². The zero-order chi connectivity index (χ0) is 24.1. The molecule has 9 atom stereocenters. The summed E-state index contributed by atoms with van der Waals surface area (Å²) >= 11 is 0. The molecule has 0 unspecified atom stereocenters. The molecule has 4 aliphatic rings. The summed E-state index contributed by atoms with van der Waals surface area (Å²) in [5.74, 6) is 4.80. The normalized spacial score (nSPS) is 42.1. The minimum atomic E-state index is -0.588. The van der Waals surface area contributed by atoms with Crippen molar-refractivity contribution in [3.8, 4) is 6.07 Å². The number of nitrogens with zero attached hydrogens (tertiary/aromatic N) is 1. The van der Waals surface area contributed by atoms with E-state index in [0.717, 1.165) is 42.1 Å². The Morgan fingerprint density at radius 1 is 1.12 bits per heavy atom. The van der Waals surface area contributed by atoms with Gasteiger partial charge in [0.25, 0.3) is 0 Å². The summed E-state index contributed by atoms with van der Waals surface area (Å²) in [5.41, 5.74) is 2.92. The molecule has 0 bridgehead atoms. The lowest BCUT2D eigenvalue weighted by Crippen LogP contribution is -2.52. The van der Waals surface area contributed by atoms with Crippen molar-refractivity contribution in [2.75, 3.05) is 19.0 Å². The first kappa shape index (κ1) is 24.1. The lowest BCUT2D eigenvalue weighted by molar-refractivity contribution is -0.124. The van der Waals surface area contributed by atoms with Crippen molar-refractivity contribution in [3.63, 3.8) is 0 Å². The summed E-state index contributed by atoms with van der Waals surface area (Å²) in [5, 5.41) is 24.1. The zero-order valence-corrected chi connectivity index (χ0v) is 21.6. The van der Waals surface area contributed by atoms with Gasteiger partial charge < -0.3 is 15.2 Å². The van der Waals surface area contributed by atoms with Gasteiger partial charge in [0.15, 0.2) is 0 Å². The van der Waals surface area contributed by atoms with E-state index >= 15 is 0 Å². The second-order valence-electron chi connectivity index (χ2n) is 12.6. The van der Waals surface area contributed by atoms with Crippen LogP contribution in [0.5, 0.6) is 0 Å². The number of ether oxygens (including phenoxy) is 1. The number of methoxy groups -OCH3 is 1. The summed E-state index contributed by atoms with van der Waals surface area (Å²) in [7, 11) is 1.72. The van der Waals surface area contributed by atoms with E-state index in [2.05, 4.69) is 38.2 Å². The maximum absolute atomic E-state index is 11.0. The van der Waals surface area contributed by atoms with Gasteiger partial charge in [-0.25, -0.2) is 0 Å². The van der Waals surface area contributed by atoms with E-state index < -0.39 is 5.60 Å². The van der Waals surface area contributed by atoms with Crippen LogP contribution in [0.4, 0.5) is 5.69 Å². The number of nitrogens with one attached hydrogen (secondary N) is 1. The molecule has 0 spiro atoms. The Kier molecular flexibility index (Phi) is 6.49. The number of aryl methyl sites for hydroxylation is 1. The van der Waals surface area contributed by atoms with E-state index in [4.69, 9.17) is 4.74 Å². The van der Waals surface area contributed by atoms with E-state index in [1.807, 2.05) is 12.1 Å². The molecule has 0 amide bonds. The number of anilines is 1. The van der Waals surface area contributed by atoms with Gasteiger partial charge in [-0.1, -0.05) is 6.92 Å². The molecule has 1 aromatic rings. The van der Waals surface area contributed by atoms with Crippen molar-refractivity contribution in [3.05, 3.63) is 29.3 Å². The summed E-state index contributed by atoms with van der Waals surface area (Å²) in [6.45, 7) is 7.60. The van der Waals surface area contributed by atoms with Gasteiger partial charge >= 0.3 is 0 Å². The summed E-state index contributed by atoms with van der Waals surface area (Å²) in [6.07, 6.45) is 11.2. The molecule has 0 heterocycles. The number of benzene rings is 1. The smallest absolute Gasteiger partial charge is 0.0991 e. The highest BCUT2D eigenvalue weighted by Gasteiger charge is 2.58. The van der Waals surface area contributed by atoms with Crippen molar-refractivity contribution >= 4 is 5.69 Å². The van der Waals surface area contributed by atoms with E-state index in [1.165, 1.54) is 56.2 Å². The minimum absolute atomic E-state index is 0.423. The third-order valence-corrected chi connectivity index (χ3v) is 10.9. The minimum Gasteiger partial charge on any atom is -0.387 e. The molecule has 186 valence electrons. The van der Waals surface area contributed by atoms with Crippen LogP contribution < -0.4 is 5.32 Å². The average Bonchev–Trinajstić information content (AvgIpc) is 3.17. The van der Waals surface area contributed by atoms with Gasteiger partial charge in [-0.05, 0) is 136 Å². The lowest BCUT2D eigenvalue weighted by atomic mass is 9.48. The molecule has 4 fully saturated rings. The maximum atomic E-state index is 11.0. The van der Waals surface area contributed by atoms with Gasteiger partial charge in [0.05, 0.1) is 23.8 Å². The first-order chi connectivity index (χ1) is 16.3. The fraction of sp³-hybridized carbons (Fsp3) is 0.767. The van der Waals surface area contributed by atoms with Crippen LogP contribution in [-0.4, -0.2) is 30.5 Å². The third-order valence-electron chi connectivity index (χ3n) is 10.9. The van der Waals surface area contributed by atoms with Crippen molar-refractivity contribution in [2.24, 2.45) is 40.9 Å². The number of nitriles is 1. The Hall–Kier alpha value is -1.57. The van der Waals surface area contributed by atoms with E-state index in [-0.39, 0.29) is 0 Å². The number of hydrogen-bond donors (Lipinski definition) is 2. The van der Waals surface area contributed by atoms with Crippen LogP contribution in [0.3, 0.4) is 0 Å². The molecule has 4 saturated carbocycles. The Morgan fingerprint density at radius 3 is 2.65 bits per heavy atom. The summed E-state index contributed by atoms with van der Waals surface area (Å²) in [4.78, 5) is 0. The van der Waals surface area contributed by atoms with Gasteiger partial charge in [-0.3, -0.25) is 0 Å². The second-order valence-corrected chi connectivity index (χ2v) is 12.6. The van der Waals surface area contributed by atoms with Crippen molar-refractivity contribution in [1.82, 2.24) is 0 Å². The molecule has 2 N–H and O–H groups in total. The summed E-state index contributed by atoms with van der Waals surface area (Å²) < 4.78 is 5.37. The van der Waals surface area contributed by atoms with Gasteiger partial charge in [0.1, 0.15) is 0 Å². The molecule has 4 heteroatoms. The van der Waals surface area contributed by atoms with E-state index in [0.29, 0.717) is 29.9 Å². The molecule has 0 aromatic heterocycles. The van der Waals surface area contributed by atoms with Gasteiger partial charge in [-0.2, -0.15) is 5.26 Å². The monoisotopic (exact) mass is 464 g/mol. The van der Waals surface area contributed by atoms with E-state index in [9.17, 15) is 10.4 Å². The standard InChI is InChI=1S/C30H44N2O2/c1-19-15-21(17-31)5-10-28(19)32-20(2)26-8-9-27-25-7-6-22-16-30(33,18-34-4)14-12-23(22)24(25)11-13-29(26,27)3/h5,10,15,20,22-27,32-33H,6-9,11-14,16,18H2,1-4H3/t20-,22-,23+,24-,25-,26-,27+,29-,30-/m1/s1. The van der Waals surface area contributed by atoms with Crippen molar-refractivity contribution < 1.29 is 9.84 Å². The summed E-state index contributed by atoms with van der Waals surface area (Å²) in [6, 6.07) is 8.71. The van der Waals surface area contributed by atoms with Gasteiger partial charge in [0.2, 0.25) is 0 Å². The predicted octanol–water partition coefficient (Wildman–Crippen LogP) is 6.31. The number of hydrogen-bond acceptors (Lipinski definition) is 4. The van der Waals surface area contributed by atoms with Gasteiger partial charge in [0, 0.05) is 18.8 Å². The first-order valence-electron chi connectivity index (χ1n) is 13.8. The molecule has 4 aliphatic carbocycles. The maximum Gasteiger partial charge on any atom is 0.0991 e. The molecular formula is C30H44N2O2. The Labute approximate surface area is 206 Å². The number of fused-ring (bicyclic) bond motifs is 5. The molecule has 0 aliphatic heterocycles. The average molecular weight is 465 g/mol. The number of aliphatic hydroxyl groups is 1. The Bertz CT molecular complexity index is 940. The van der Waals surface area contributed by atoms with Crippen molar-refractivity contribution in [2.45, 2.75) is 90.2 Å². The van der Waals surface area contributed by atoms with Crippen LogP contribution in [-0.2, 0) is 4.74 Å². The molecule has 1 aromatic carbocycles. The molecular weight excluding hydrogens is 420 g/mol. The first-order valence-corrected chi connectivity index (χ1v) is 13.8. The predicted molar refractivity (Wildman–Crippen MR) is 136 cm³/mol.